The molecular formula is C34H32FN3O4S. The van der Waals surface area contributed by atoms with Crippen LogP contribution in [0.15, 0.2) is 88.2 Å². The molecule has 3 aromatic rings. The molecule has 0 unspecified atom stereocenters. The number of ether oxygens (including phenoxy) is 1. The van der Waals surface area contributed by atoms with E-state index < -0.39 is 23.6 Å². The summed E-state index contributed by atoms with van der Waals surface area (Å²) in [7, 11) is 0. The lowest BCUT2D eigenvalue weighted by molar-refractivity contribution is -0.135. The Morgan fingerprint density at radius 3 is 2.79 bits per heavy atom. The maximum Gasteiger partial charge on any atom is 0.311 e. The number of hydrogen-bond acceptors (Lipinski definition) is 6. The van der Waals surface area contributed by atoms with Crippen molar-refractivity contribution in [3.05, 3.63) is 117 Å². The van der Waals surface area contributed by atoms with E-state index in [9.17, 15) is 14.4 Å². The van der Waals surface area contributed by atoms with E-state index in [0.717, 1.165) is 22.4 Å². The lowest BCUT2D eigenvalue weighted by Crippen LogP contribution is -2.67. The number of hydrogen-bond donors (Lipinski definition) is 0. The van der Waals surface area contributed by atoms with E-state index in [1.807, 2.05) is 44.2 Å². The largest absolute Gasteiger partial charge is 0.420 e. The van der Waals surface area contributed by atoms with Gasteiger partial charge in [0.05, 0.1) is 0 Å². The second-order valence-electron chi connectivity index (χ2n) is 11.9. The lowest BCUT2D eigenvalue weighted by atomic mass is 9.81. The first-order valence-corrected chi connectivity index (χ1v) is 15.7. The molecule has 2 aromatic carbocycles. The van der Waals surface area contributed by atoms with Gasteiger partial charge in [0.15, 0.2) is 5.69 Å². The minimum absolute atomic E-state index is 0.00749. The van der Waals surface area contributed by atoms with Crippen molar-refractivity contribution in [2.45, 2.75) is 56.0 Å². The highest BCUT2D eigenvalue weighted by Gasteiger charge is 2.50. The molecule has 0 radical (unpaired) electrons. The van der Waals surface area contributed by atoms with Gasteiger partial charge in [-0.1, -0.05) is 68.0 Å². The molecule has 43 heavy (non-hydrogen) atoms. The van der Waals surface area contributed by atoms with Gasteiger partial charge in [-0.15, -0.1) is 11.8 Å². The molecule has 7 rings (SSSR count). The summed E-state index contributed by atoms with van der Waals surface area (Å²) in [5.74, 6) is -0.991. The predicted molar refractivity (Wildman–Crippen MR) is 163 cm³/mol. The highest BCUT2D eigenvalue weighted by Crippen LogP contribution is 2.48. The molecule has 0 bridgehead atoms. The topological polar surface area (TPSA) is 71.8 Å². The van der Waals surface area contributed by atoms with Gasteiger partial charge in [-0.3, -0.25) is 24.1 Å². The molecule has 7 nitrogen and oxygen atoms in total. The van der Waals surface area contributed by atoms with Crippen LogP contribution in [0.2, 0.25) is 0 Å². The predicted octanol–water partition coefficient (Wildman–Crippen LogP) is 5.96. The van der Waals surface area contributed by atoms with Crippen molar-refractivity contribution in [1.29, 1.82) is 0 Å². The third kappa shape index (κ3) is 4.61. The Morgan fingerprint density at radius 1 is 1.12 bits per heavy atom. The molecule has 1 saturated heterocycles. The summed E-state index contributed by atoms with van der Waals surface area (Å²) in [6.07, 6.45) is 8.89. The lowest BCUT2D eigenvalue weighted by Gasteiger charge is -2.55. The van der Waals surface area contributed by atoms with Crippen LogP contribution in [-0.2, 0) is 10.5 Å². The van der Waals surface area contributed by atoms with Crippen LogP contribution in [-0.4, -0.2) is 34.2 Å². The van der Waals surface area contributed by atoms with Gasteiger partial charge < -0.3 is 9.64 Å². The van der Waals surface area contributed by atoms with E-state index in [4.69, 9.17) is 4.74 Å². The van der Waals surface area contributed by atoms with Crippen LogP contribution in [0.5, 0.6) is 5.75 Å². The Balaban J connectivity index is 1.51. The van der Waals surface area contributed by atoms with Crippen LogP contribution in [0.1, 0.15) is 66.3 Å². The average molecular weight is 598 g/mol. The Hall–Kier alpha value is -4.11. The van der Waals surface area contributed by atoms with Crippen molar-refractivity contribution in [2.75, 3.05) is 11.6 Å². The number of allylic oxidation sites excluding steroid dienone is 3. The summed E-state index contributed by atoms with van der Waals surface area (Å²) >= 11 is 1.66. The van der Waals surface area contributed by atoms with Crippen LogP contribution in [0.25, 0.3) is 0 Å². The summed E-state index contributed by atoms with van der Waals surface area (Å²) in [5, 5.41) is 2.05. The molecule has 0 spiro atoms. The zero-order chi connectivity index (χ0) is 29.8. The standard InChI is InChI=1S/C34H32FN3O4S/c1-20(2)18-28(40)42-32-26(39)15-17-37-31(32)34(41)36-16-14-21-8-3-4-10-23(21)33(36)38(37)30-24-11-5-6-13-27(24)43-19-22-9-7-12-25(35)29(22)30/h3-9,11-13,15,17,20,23,30,33H,10,14,16,18-19H2,1-2H3/t23-,30+,33+/m0/s1. The second kappa shape index (κ2) is 10.9. The molecule has 4 aliphatic rings. The van der Waals surface area contributed by atoms with Gasteiger partial charge >= 0.3 is 5.97 Å². The molecule has 0 N–H and O–H groups in total. The monoisotopic (exact) mass is 597 g/mol. The third-order valence-electron chi connectivity index (χ3n) is 8.72. The number of benzene rings is 2. The Morgan fingerprint density at radius 2 is 1.95 bits per heavy atom. The minimum Gasteiger partial charge on any atom is -0.420 e. The first kappa shape index (κ1) is 27.7. The fraction of sp³-hybridized carbons (Fsp3) is 0.324. The smallest absolute Gasteiger partial charge is 0.311 e. The van der Waals surface area contributed by atoms with Crippen molar-refractivity contribution in [2.24, 2.45) is 11.8 Å². The Kier molecular flexibility index (Phi) is 7.00. The zero-order valence-corrected chi connectivity index (χ0v) is 24.9. The van der Waals surface area contributed by atoms with Crippen LogP contribution >= 0.6 is 11.8 Å². The molecule has 1 amide bonds. The number of piperidine rings is 1. The number of halogens is 1. The van der Waals surface area contributed by atoms with E-state index in [1.165, 1.54) is 17.7 Å². The average Bonchev–Trinajstić information content (AvgIpc) is 3.16. The number of carbonyl (C=O) groups excluding carboxylic acids is 2. The molecule has 0 saturated carbocycles. The van der Waals surface area contributed by atoms with Gasteiger partial charge in [0, 0.05) is 47.4 Å². The molecule has 220 valence electrons. The van der Waals surface area contributed by atoms with Crippen molar-refractivity contribution in [3.63, 3.8) is 0 Å². The number of carbonyl (C=O) groups is 2. The first-order valence-electron chi connectivity index (χ1n) is 14.7. The number of fused-ring (bicyclic) bond motifs is 6. The van der Waals surface area contributed by atoms with Gasteiger partial charge in [-0.2, -0.15) is 0 Å². The Labute approximate surface area is 253 Å². The molecule has 1 fully saturated rings. The molecule has 4 heterocycles. The molecule has 1 aliphatic carbocycles. The number of aromatic nitrogens is 1. The summed E-state index contributed by atoms with van der Waals surface area (Å²) in [4.78, 5) is 43.3. The third-order valence-corrected chi connectivity index (χ3v) is 9.86. The van der Waals surface area contributed by atoms with Gasteiger partial charge in [-0.05, 0) is 42.0 Å². The van der Waals surface area contributed by atoms with Crippen molar-refractivity contribution in [3.8, 4) is 5.75 Å². The van der Waals surface area contributed by atoms with Gasteiger partial charge in [0.1, 0.15) is 18.0 Å². The SMILES string of the molecule is CC(C)CC(=O)Oc1c2n(ccc1=O)N([C@@H]1c3ccccc3SCc3cccc(F)c31)[C@@H]1[C@H]3CC=CC=C3CCN1C2=O. The number of esters is 1. The number of rotatable bonds is 4. The highest BCUT2D eigenvalue weighted by atomic mass is 32.2. The summed E-state index contributed by atoms with van der Waals surface area (Å²) in [6, 6.07) is 13.9. The van der Waals surface area contributed by atoms with Crippen LogP contribution in [0.3, 0.4) is 0 Å². The number of thioether (sulfide) groups is 1. The fourth-order valence-corrected chi connectivity index (χ4v) is 7.97. The number of pyridine rings is 1. The second-order valence-corrected chi connectivity index (χ2v) is 12.9. The molecular weight excluding hydrogens is 565 g/mol. The molecule has 3 atom stereocenters. The molecule has 9 heteroatoms. The maximum absolute atomic E-state index is 16.1. The van der Waals surface area contributed by atoms with Crippen molar-refractivity contribution >= 4 is 23.6 Å². The van der Waals surface area contributed by atoms with E-state index >= 15 is 4.39 Å². The normalized spacial score (nSPS) is 22.1. The maximum atomic E-state index is 16.1. The van der Waals surface area contributed by atoms with Gasteiger partial charge in [0.25, 0.3) is 5.91 Å². The minimum atomic E-state index is -0.631. The van der Waals surface area contributed by atoms with Gasteiger partial charge in [-0.25, -0.2) is 4.39 Å². The van der Waals surface area contributed by atoms with Crippen LogP contribution < -0.4 is 15.2 Å². The fourth-order valence-electron chi connectivity index (χ4n) is 6.88. The van der Waals surface area contributed by atoms with E-state index in [0.29, 0.717) is 24.3 Å². The Bertz CT molecular complexity index is 1760. The van der Waals surface area contributed by atoms with Crippen molar-refractivity contribution in [1.82, 2.24) is 9.58 Å². The van der Waals surface area contributed by atoms with E-state index in [-0.39, 0.29) is 41.4 Å². The molecule has 1 aromatic heterocycles. The first-order chi connectivity index (χ1) is 20.8. The van der Waals surface area contributed by atoms with Crippen LogP contribution in [0.4, 0.5) is 4.39 Å². The van der Waals surface area contributed by atoms with E-state index in [1.54, 1.807) is 33.6 Å². The number of amides is 1. The number of nitrogens with zero attached hydrogens (tertiary/aromatic N) is 3. The van der Waals surface area contributed by atoms with Crippen molar-refractivity contribution < 1.29 is 18.7 Å². The zero-order valence-electron chi connectivity index (χ0n) is 24.0. The van der Waals surface area contributed by atoms with Crippen LogP contribution in [0, 0.1) is 17.7 Å². The van der Waals surface area contributed by atoms with E-state index in [2.05, 4.69) is 23.2 Å². The quantitative estimate of drug-likeness (QED) is 0.346. The summed E-state index contributed by atoms with van der Waals surface area (Å²) < 4.78 is 23.5. The molecule has 3 aliphatic heterocycles. The summed E-state index contributed by atoms with van der Waals surface area (Å²) in [5.41, 5.74) is 3.01. The highest BCUT2D eigenvalue weighted by molar-refractivity contribution is 7.98. The summed E-state index contributed by atoms with van der Waals surface area (Å²) in [6.45, 7) is 4.19. The van der Waals surface area contributed by atoms with Gasteiger partial charge in [0.2, 0.25) is 11.2 Å².